The number of hydrogen-bond acceptors (Lipinski definition) is 7. The lowest BCUT2D eigenvalue weighted by Crippen LogP contribution is -2.63. The molecule has 2 fully saturated rings. The van der Waals surface area contributed by atoms with E-state index in [9.17, 15) is 29.4 Å². The van der Waals surface area contributed by atoms with Crippen molar-refractivity contribution in [3.05, 3.63) is 75.3 Å². The van der Waals surface area contributed by atoms with Gasteiger partial charge in [0.1, 0.15) is 12.0 Å². The summed E-state index contributed by atoms with van der Waals surface area (Å²) in [6.07, 6.45) is 0.281. The van der Waals surface area contributed by atoms with Gasteiger partial charge >= 0.3 is 5.97 Å². The molecule has 3 heterocycles. The number of β-lactam (4-membered cyclic amide) rings is 1. The number of thioether (sulfide) groups is 1. The van der Waals surface area contributed by atoms with E-state index in [-0.39, 0.29) is 28.7 Å². The Morgan fingerprint density at radius 3 is 2.65 bits per heavy atom. The quantitative estimate of drug-likeness (QED) is 0.302. The van der Waals surface area contributed by atoms with Crippen LogP contribution in [0.25, 0.3) is 0 Å². The van der Waals surface area contributed by atoms with Crippen molar-refractivity contribution in [2.45, 2.75) is 50.3 Å². The molecule has 2 amide bonds. The standard InChI is InChI=1S/C29H30ClN3O6S/c1-15-24-23(16(2)35)28(37)33(24)25(29(38)39)26(15)40-20-11-22(27(36)31-19-8-5-6-17(10-19)14-34)32(13-20)12-18-7-3-4-9-21(18)30/h3-10,14-16,20,22-24,35H,11-13H2,1-2H3,(H,31,36)(H,38,39)/t15-,16-,20+,22+,23-,24-/m1/s1. The third-order valence-corrected chi connectivity index (χ3v) is 9.76. The summed E-state index contributed by atoms with van der Waals surface area (Å²) in [6.45, 7) is 4.35. The maximum absolute atomic E-state index is 13.5. The number of carbonyl (C=O) groups is 4. The number of amides is 2. The van der Waals surface area contributed by atoms with Crippen molar-refractivity contribution in [3.8, 4) is 0 Å². The number of halogens is 1. The molecular weight excluding hydrogens is 554 g/mol. The Bertz CT molecular complexity index is 1400. The van der Waals surface area contributed by atoms with E-state index in [1.807, 2.05) is 30.0 Å². The van der Waals surface area contributed by atoms with Crippen LogP contribution in [-0.2, 0) is 20.9 Å². The van der Waals surface area contributed by atoms with Gasteiger partial charge in [0, 0.05) is 45.4 Å². The number of hydrogen-bond donors (Lipinski definition) is 3. The molecule has 0 saturated carbocycles. The number of likely N-dealkylation sites (tertiary alicyclic amines) is 1. The molecule has 6 atom stereocenters. The number of aldehydes is 1. The highest BCUT2D eigenvalue weighted by atomic mass is 35.5. The average molecular weight is 584 g/mol. The fraction of sp³-hybridized carbons (Fsp3) is 0.379. The molecule has 11 heteroatoms. The van der Waals surface area contributed by atoms with Crippen LogP contribution in [0, 0.1) is 11.8 Å². The summed E-state index contributed by atoms with van der Waals surface area (Å²) in [5, 5.41) is 23.5. The van der Waals surface area contributed by atoms with Crippen LogP contribution >= 0.6 is 23.4 Å². The SMILES string of the molecule is C[C@@H](O)[C@H]1C(=O)N2C(C(=O)O)=C(S[C@H]3C[C@@H](C(=O)Nc4cccc(C=O)c4)N(Cc4ccccc4Cl)C3)[C@H](C)[C@H]12. The minimum Gasteiger partial charge on any atom is -0.477 e. The lowest BCUT2D eigenvalue weighted by Gasteiger charge is -2.46. The van der Waals surface area contributed by atoms with Gasteiger partial charge < -0.3 is 20.4 Å². The van der Waals surface area contributed by atoms with Crippen molar-refractivity contribution in [3.63, 3.8) is 0 Å². The largest absolute Gasteiger partial charge is 0.477 e. The topological polar surface area (TPSA) is 127 Å². The molecule has 2 saturated heterocycles. The third kappa shape index (κ3) is 5.16. The van der Waals surface area contributed by atoms with Crippen LogP contribution in [0.4, 0.5) is 5.69 Å². The van der Waals surface area contributed by atoms with Gasteiger partial charge in [-0.05, 0) is 37.1 Å². The molecule has 9 nitrogen and oxygen atoms in total. The fourth-order valence-corrected chi connectivity index (χ4v) is 7.76. The number of carbonyl (C=O) groups excluding carboxylic acids is 3. The van der Waals surface area contributed by atoms with E-state index >= 15 is 0 Å². The number of aliphatic hydroxyl groups excluding tert-OH is 1. The summed E-state index contributed by atoms with van der Waals surface area (Å²) in [5.41, 5.74) is 1.80. The first-order chi connectivity index (χ1) is 19.1. The van der Waals surface area contributed by atoms with Gasteiger partial charge in [0.25, 0.3) is 0 Å². The average Bonchev–Trinajstić information content (AvgIpc) is 3.42. The molecule has 210 valence electrons. The highest BCUT2D eigenvalue weighted by molar-refractivity contribution is 8.03. The van der Waals surface area contributed by atoms with E-state index in [2.05, 4.69) is 5.32 Å². The molecular formula is C29H30ClN3O6S. The van der Waals surface area contributed by atoms with Crippen molar-refractivity contribution in [1.82, 2.24) is 9.80 Å². The van der Waals surface area contributed by atoms with Gasteiger partial charge in [-0.1, -0.05) is 48.9 Å². The van der Waals surface area contributed by atoms with Crippen LogP contribution < -0.4 is 5.32 Å². The summed E-state index contributed by atoms with van der Waals surface area (Å²) in [6, 6.07) is 13.2. The van der Waals surface area contributed by atoms with E-state index in [4.69, 9.17) is 11.6 Å². The number of fused-ring (bicyclic) bond motifs is 1. The Kier molecular flexibility index (Phi) is 8.05. The monoisotopic (exact) mass is 583 g/mol. The Morgan fingerprint density at radius 2 is 1.98 bits per heavy atom. The molecule has 0 aromatic heterocycles. The summed E-state index contributed by atoms with van der Waals surface area (Å²) < 4.78 is 0. The van der Waals surface area contributed by atoms with Gasteiger partial charge in [-0.25, -0.2) is 4.79 Å². The zero-order chi connectivity index (χ0) is 28.7. The van der Waals surface area contributed by atoms with Crippen molar-refractivity contribution in [2.24, 2.45) is 11.8 Å². The summed E-state index contributed by atoms with van der Waals surface area (Å²) >= 11 is 7.83. The Balaban J connectivity index is 1.40. The zero-order valence-electron chi connectivity index (χ0n) is 22.0. The van der Waals surface area contributed by atoms with E-state index in [0.29, 0.717) is 47.0 Å². The number of nitrogens with zero attached hydrogens (tertiary/aromatic N) is 2. The van der Waals surface area contributed by atoms with Crippen LogP contribution in [0.5, 0.6) is 0 Å². The van der Waals surface area contributed by atoms with E-state index in [1.165, 1.54) is 16.7 Å². The molecule has 0 spiro atoms. The van der Waals surface area contributed by atoms with E-state index < -0.39 is 30.1 Å². The first-order valence-electron chi connectivity index (χ1n) is 13.1. The number of rotatable bonds is 9. The molecule has 3 N–H and O–H groups in total. The molecule has 2 aromatic carbocycles. The number of aliphatic carboxylic acids is 1. The second-order valence-electron chi connectivity index (χ2n) is 10.5. The summed E-state index contributed by atoms with van der Waals surface area (Å²) in [7, 11) is 0. The lowest BCUT2D eigenvalue weighted by atomic mass is 9.79. The smallest absolute Gasteiger partial charge is 0.353 e. The van der Waals surface area contributed by atoms with Crippen LogP contribution in [0.2, 0.25) is 5.02 Å². The number of carboxylic acids is 1. The second kappa shape index (κ2) is 11.4. The normalized spacial score (nSPS) is 26.9. The molecule has 0 unspecified atom stereocenters. The molecule has 0 bridgehead atoms. The van der Waals surface area contributed by atoms with Gasteiger partial charge in [-0.3, -0.25) is 19.3 Å². The number of nitrogens with one attached hydrogen (secondary N) is 1. The minimum absolute atomic E-state index is 0.0272. The van der Waals surface area contributed by atoms with Crippen molar-refractivity contribution in [2.75, 3.05) is 11.9 Å². The van der Waals surface area contributed by atoms with Gasteiger partial charge in [0.05, 0.1) is 24.1 Å². The van der Waals surface area contributed by atoms with Gasteiger partial charge in [-0.15, -0.1) is 11.8 Å². The number of carboxylic acid groups (broad SMARTS) is 1. The highest BCUT2D eigenvalue weighted by Crippen LogP contribution is 2.52. The van der Waals surface area contributed by atoms with Gasteiger partial charge in [-0.2, -0.15) is 0 Å². The fourth-order valence-electron chi connectivity index (χ4n) is 6.01. The first kappa shape index (κ1) is 28.4. The molecule has 0 aliphatic carbocycles. The maximum Gasteiger partial charge on any atom is 0.353 e. The number of anilines is 1. The Hall–Kier alpha value is -3.18. The molecule has 2 aromatic rings. The third-order valence-electron chi connectivity index (χ3n) is 7.89. The van der Waals surface area contributed by atoms with Gasteiger partial charge in [0.2, 0.25) is 11.8 Å². The maximum atomic E-state index is 13.5. The van der Waals surface area contributed by atoms with Crippen LogP contribution in [0.3, 0.4) is 0 Å². The zero-order valence-corrected chi connectivity index (χ0v) is 23.6. The predicted octanol–water partition coefficient (Wildman–Crippen LogP) is 3.62. The first-order valence-corrected chi connectivity index (χ1v) is 14.3. The predicted molar refractivity (Wildman–Crippen MR) is 152 cm³/mol. The van der Waals surface area contributed by atoms with Crippen molar-refractivity contribution in [1.29, 1.82) is 0 Å². The summed E-state index contributed by atoms with van der Waals surface area (Å²) in [5.74, 6) is -2.68. The van der Waals surface area contributed by atoms with Crippen molar-refractivity contribution >= 4 is 53.1 Å². The van der Waals surface area contributed by atoms with Crippen LogP contribution in [0.1, 0.15) is 36.2 Å². The number of aliphatic hydroxyl groups is 1. The Morgan fingerprint density at radius 1 is 1.23 bits per heavy atom. The number of benzene rings is 2. The van der Waals surface area contributed by atoms with Crippen molar-refractivity contribution < 1.29 is 29.4 Å². The molecule has 3 aliphatic heterocycles. The van der Waals surface area contributed by atoms with Crippen LogP contribution in [0.15, 0.2) is 59.1 Å². The van der Waals surface area contributed by atoms with E-state index in [0.717, 1.165) is 5.56 Å². The Labute approximate surface area is 241 Å². The summed E-state index contributed by atoms with van der Waals surface area (Å²) in [4.78, 5) is 53.7. The molecule has 40 heavy (non-hydrogen) atoms. The molecule has 5 rings (SSSR count). The second-order valence-corrected chi connectivity index (χ2v) is 12.3. The van der Waals surface area contributed by atoms with Crippen LogP contribution in [-0.4, -0.2) is 74.1 Å². The van der Waals surface area contributed by atoms with E-state index in [1.54, 1.807) is 37.3 Å². The minimum atomic E-state index is -1.18. The lowest BCUT2D eigenvalue weighted by molar-refractivity contribution is -0.163. The highest BCUT2D eigenvalue weighted by Gasteiger charge is 2.60. The molecule has 3 aliphatic rings. The van der Waals surface area contributed by atoms with Gasteiger partial charge in [0.15, 0.2) is 0 Å². The molecule has 0 radical (unpaired) electrons.